The molecule has 0 aromatic carbocycles. The molecule has 1 rings (SSSR count). The molecule has 140 valence electrons. The van der Waals surface area contributed by atoms with Gasteiger partial charge in [0.15, 0.2) is 0 Å². The van der Waals surface area contributed by atoms with Crippen LogP contribution in [0.5, 0.6) is 0 Å². The molecule has 4 nitrogen and oxygen atoms in total. The summed E-state index contributed by atoms with van der Waals surface area (Å²) in [6.07, 6.45) is 14.5. The molecule has 0 bridgehead atoms. The van der Waals surface area contributed by atoms with Crippen molar-refractivity contribution in [1.29, 1.82) is 0 Å². The molecular formula is C21H33NO3. The summed E-state index contributed by atoms with van der Waals surface area (Å²) in [5.41, 5.74) is 0.661. The predicted octanol–water partition coefficient (Wildman–Crippen LogP) is 5.14. The molecule has 1 N–H and O–H groups in total. The maximum absolute atomic E-state index is 11.9. The number of aliphatic hydroxyl groups is 1. The van der Waals surface area contributed by atoms with Crippen LogP contribution >= 0.6 is 0 Å². The third-order valence-electron chi connectivity index (χ3n) is 4.35. The SMILES string of the molecule is C=C(C(=O)OCCCCCCCCCCCC)C(O)c1ccncc1. The van der Waals surface area contributed by atoms with Crippen molar-refractivity contribution in [1.82, 2.24) is 4.98 Å². The lowest BCUT2D eigenvalue weighted by molar-refractivity contribution is -0.140. The summed E-state index contributed by atoms with van der Waals surface area (Å²) < 4.78 is 5.20. The Labute approximate surface area is 152 Å². The van der Waals surface area contributed by atoms with Crippen molar-refractivity contribution in [2.24, 2.45) is 0 Å². The highest BCUT2D eigenvalue weighted by atomic mass is 16.5. The lowest BCUT2D eigenvalue weighted by Gasteiger charge is -2.13. The number of rotatable bonds is 14. The number of pyridine rings is 1. The maximum atomic E-state index is 11.9. The van der Waals surface area contributed by atoms with Gasteiger partial charge in [-0.25, -0.2) is 4.79 Å². The number of hydrogen-bond donors (Lipinski definition) is 1. The quantitative estimate of drug-likeness (QED) is 0.288. The van der Waals surface area contributed by atoms with E-state index < -0.39 is 12.1 Å². The highest BCUT2D eigenvalue weighted by molar-refractivity contribution is 5.89. The molecule has 0 saturated heterocycles. The highest BCUT2D eigenvalue weighted by Gasteiger charge is 2.19. The molecule has 0 fully saturated rings. The first-order valence-electron chi connectivity index (χ1n) is 9.60. The van der Waals surface area contributed by atoms with Gasteiger partial charge in [0.25, 0.3) is 0 Å². The van der Waals surface area contributed by atoms with Gasteiger partial charge in [0.2, 0.25) is 0 Å². The Hall–Kier alpha value is -1.68. The monoisotopic (exact) mass is 347 g/mol. The van der Waals surface area contributed by atoms with Gasteiger partial charge in [0.1, 0.15) is 6.10 Å². The number of unbranched alkanes of at least 4 members (excludes halogenated alkanes) is 9. The minimum atomic E-state index is -1.04. The second-order valence-electron chi connectivity index (χ2n) is 6.53. The third kappa shape index (κ3) is 9.40. The summed E-state index contributed by atoms with van der Waals surface area (Å²) in [5.74, 6) is -0.528. The van der Waals surface area contributed by atoms with Gasteiger partial charge in [-0.3, -0.25) is 4.98 Å². The molecule has 0 aliphatic rings. The van der Waals surface area contributed by atoms with Crippen LogP contribution < -0.4 is 0 Å². The second kappa shape index (κ2) is 13.6. The smallest absolute Gasteiger partial charge is 0.336 e. The van der Waals surface area contributed by atoms with Crippen molar-refractivity contribution in [3.05, 3.63) is 42.2 Å². The van der Waals surface area contributed by atoms with Crippen molar-refractivity contribution >= 4 is 5.97 Å². The molecule has 1 atom stereocenters. The van der Waals surface area contributed by atoms with Crippen LogP contribution in [0.4, 0.5) is 0 Å². The molecule has 0 aliphatic heterocycles. The van der Waals surface area contributed by atoms with E-state index in [9.17, 15) is 9.90 Å². The van der Waals surface area contributed by atoms with E-state index in [2.05, 4.69) is 18.5 Å². The fraction of sp³-hybridized carbons (Fsp3) is 0.619. The first-order valence-corrected chi connectivity index (χ1v) is 9.60. The van der Waals surface area contributed by atoms with Crippen LogP contribution in [0, 0.1) is 0 Å². The number of carbonyl (C=O) groups is 1. The average Bonchev–Trinajstić information content (AvgIpc) is 2.65. The van der Waals surface area contributed by atoms with Crippen LogP contribution in [-0.4, -0.2) is 22.7 Å². The summed E-state index contributed by atoms with van der Waals surface area (Å²) in [6, 6.07) is 3.32. The van der Waals surface area contributed by atoms with E-state index in [0.29, 0.717) is 12.2 Å². The summed E-state index contributed by atoms with van der Waals surface area (Å²) in [6.45, 7) is 6.28. The molecule has 1 unspecified atom stereocenters. The lowest BCUT2D eigenvalue weighted by atomic mass is 10.0. The normalized spacial score (nSPS) is 11.9. The van der Waals surface area contributed by atoms with E-state index in [4.69, 9.17) is 4.74 Å². The first-order chi connectivity index (χ1) is 12.2. The van der Waals surface area contributed by atoms with Gasteiger partial charge in [-0.05, 0) is 24.1 Å². The molecule has 0 spiro atoms. The number of esters is 1. The minimum absolute atomic E-state index is 0.0679. The van der Waals surface area contributed by atoms with Crippen LogP contribution in [0.2, 0.25) is 0 Å². The van der Waals surface area contributed by atoms with E-state index in [0.717, 1.165) is 12.8 Å². The molecule has 25 heavy (non-hydrogen) atoms. The molecule has 1 aromatic rings. The van der Waals surface area contributed by atoms with Crippen LogP contribution in [0.15, 0.2) is 36.7 Å². The molecule has 0 saturated carbocycles. The van der Waals surface area contributed by atoms with E-state index in [-0.39, 0.29) is 5.57 Å². The van der Waals surface area contributed by atoms with E-state index >= 15 is 0 Å². The Morgan fingerprint density at radius 1 is 1.04 bits per heavy atom. The van der Waals surface area contributed by atoms with Crippen LogP contribution in [0.3, 0.4) is 0 Å². The first kappa shape index (κ1) is 21.4. The van der Waals surface area contributed by atoms with Crippen molar-refractivity contribution in [3.63, 3.8) is 0 Å². The Kier molecular flexibility index (Phi) is 11.6. The zero-order chi connectivity index (χ0) is 18.3. The second-order valence-corrected chi connectivity index (χ2v) is 6.53. The van der Waals surface area contributed by atoms with Gasteiger partial charge in [0, 0.05) is 12.4 Å². The van der Waals surface area contributed by atoms with Gasteiger partial charge >= 0.3 is 5.97 Å². The van der Waals surface area contributed by atoms with E-state index in [1.165, 1.54) is 51.4 Å². The van der Waals surface area contributed by atoms with Crippen LogP contribution in [-0.2, 0) is 9.53 Å². The number of hydrogen-bond acceptors (Lipinski definition) is 4. The van der Waals surface area contributed by atoms with Gasteiger partial charge in [0.05, 0.1) is 12.2 Å². The van der Waals surface area contributed by atoms with Crippen molar-refractivity contribution in [2.75, 3.05) is 6.61 Å². The molecular weight excluding hydrogens is 314 g/mol. The Bertz CT molecular complexity index is 487. The molecule has 0 amide bonds. The third-order valence-corrected chi connectivity index (χ3v) is 4.35. The molecule has 1 heterocycles. The Balaban J connectivity index is 2.04. The van der Waals surface area contributed by atoms with Gasteiger partial charge < -0.3 is 9.84 Å². The molecule has 0 radical (unpaired) electrons. The Morgan fingerprint density at radius 2 is 1.56 bits per heavy atom. The van der Waals surface area contributed by atoms with Crippen molar-refractivity contribution in [3.8, 4) is 0 Å². The van der Waals surface area contributed by atoms with E-state index in [1.54, 1.807) is 24.5 Å². The van der Waals surface area contributed by atoms with Crippen LogP contribution in [0.1, 0.15) is 82.8 Å². The summed E-state index contributed by atoms with van der Waals surface area (Å²) >= 11 is 0. The largest absolute Gasteiger partial charge is 0.462 e. The summed E-state index contributed by atoms with van der Waals surface area (Å²) in [4.78, 5) is 15.8. The topological polar surface area (TPSA) is 59.4 Å². The zero-order valence-corrected chi connectivity index (χ0v) is 15.6. The molecule has 1 aromatic heterocycles. The van der Waals surface area contributed by atoms with Gasteiger partial charge in [-0.15, -0.1) is 0 Å². The van der Waals surface area contributed by atoms with Crippen LogP contribution in [0.25, 0.3) is 0 Å². The number of aromatic nitrogens is 1. The van der Waals surface area contributed by atoms with Gasteiger partial charge in [-0.2, -0.15) is 0 Å². The fourth-order valence-electron chi connectivity index (χ4n) is 2.71. The summed E-state index contributed by atoms with van der Waals surface area (Å²) in [5, 5.41) is 10.1. The number of nitrogens with zero attached hydrogens (tertiary/aromatic N) is 1. The highest BCUT2D eigenvalue weighted by Crippen LogP contribution is 2.20. The van der Waals surface area contributed by atoms with E-state index in [1.807, 2.05) is 0 Å². The molecule has 4 heteroatoms. The predicted molar refractivity (Wildman–Crippen MR) is 101 cm³/mol. The average molecular weight is 347 g/mol. The number of ether oxygens (including phenoxy) is 1. The minimum Gasteiger partial charge on any atom is -0.462 e. The Morgan fingerprint density at radius 3 is 2.12 bits per heavy atom. The van der Waals surface area contributed by atoms with Crippen molar-refractivity contribution < 1.29 is 14.6 Å². The number of aliphatic hydroxyl groups excluding tert-OH is 1. The summed E-state index contributed by atoms with van der Waals surface area (Å²) in [7, 11) is 0. The van der Waals surface area contributed by atoms with Gasteiger partial charge in [-0.1, -0.05) is 71.3 Å². The van der Waals surface area contributed by atoms with Crippen molar-refractivity contribution in [2.45, 2.75) is 77.2 Å². The zero-order valence-electron chi connectivity index (χ0n) is 15.6. The fourth-order valence-corrected chi connectivity index (χ4v) is 2.71. The molecule has 0 aliphatic carbocycles. The lowest BCUT2D eigenvalue weighted by Crippen LogP contribution is -2.14. The maximum Gasteiger partial charge on any atom is 0.336 e. The standard InChI is InChI=1S/C21H33NO3/c1-3-4-5-6-7-8-9-10-11-12-17-25-21(24)18(2)20(23)19-13-15-22-16-14-19/h13-16,20,23H,2-12,17H2,1H3. The number of carbonyl (C=O) groups excluding carboxylic acids is 1.